The summed E-state index contributed by atoms with van der Waals surface area (Å²) < 4.78 is 10.8. The van der Waals surface area contributed by atoms with Crippen molar-refractivity contribution in [2.75, 3.05) is 6.61 Å². The number of carbonyl (C=O) groups is 1. The van der Waals surface area contributed by atoms with E-state index in [2.05, 4.69) is 20.8 Å². The maximum atomic E-state index is 12.2. The van der Waals surface area contributed by atoms with Gasteiger partial charge in [-0.1, -0.05) is 34.1 Å². The molecule has 3 nitrogen and oxygen atoms in total. The first-order valence-electron chi connectivity index (χ1n) is 7.18. The van der Waals surface area contributed by atoms with E-state index in [1.165, 1.54) is 0 Å². The van der Waals surface area contributed by atoms with E-state index in [9.17, 15) is 4.79 Å². The van der Waals surface area contributed by atoms with E-state index < -0.39 is 11.7 Å². The van der Waals surface area contributed by atoms with Gasteiger partial charge in [-0.25, -0.2) is 0 Å². The van der Waals surface area contributed by atoms with Gasteiger partial charge in [-0.15, -0.1) is 0 Å². The van der Waals surface area contributed by atoms with E-state index in [4.69, 9.17) is 9.47 Å². The van der Waals surface area contributed by atoms with Gasteiger partial charge in [0, 0.05) is 0 Å². The van der Waals surface area contributed by atoms with Crippen molar-refractivity contribution in [3.63, 3.8) is 0 Å². The van der Waals surface area contributed by atoms with Crippen molar-refractivity contribution in [2.24, 2.45) is 11.3 Å². The summed E-state index contributed by atoms with van der Waals surface area (Å²) >= 11 is 0. The Balaban J connectivity index is 4.25. The summed E-state index contributed by atoms with van der Waals surface area (Å²) in [7, 11) is 0. The van der Waals surface area contributed by atoms with Crippen LogP contribution in [0.15, 0.2) is 0 Å². The predicted octanol–water partition coefficient (Wildman–Crippen LogP) is 4.15. The maximum absolute atomic E-state index is 12.2. The molecule has 0 radical (unpaired) electrons. The van der Waals surface area contributed by atoms with Crippen LogP contribution in [0.1, 0.15) is 67.2 Å². The molecule has 0 aliphatic carbocycles. The molecule has 0 aromatic rings. The summed E-state index contributed by atoms with van der Waals surface area (Å²) in [5, 5.41) is 0. The quantitative estimate of drug-likeness (QED) is 0.354. The minimum atomic E-state index is -0.443. The van der Waals surface area contributed by atoms with E-state index >= 15 is 0 Å². The largest absolute Gasteiger partial charge is 0.436 e. The van der Waals surface area contributed by atoms with Crippen LogP contribution in [0.25, 0.3) is 0 Å². The minimum absolute atomic E-state index is 0.136. The fraction of sp³-hybridized carbons (Fsp3) is 0.933. The third-order valence-electron chi connectivity index (χ3n) is 3.26. The van der Waals surface area contributed by atoms with Gasteiger partial charge < -0.3 is 9.47 Å². The summed E-state index contributed by atoms with van der Waals surface area (Å²) in [6, 6.07) is 0. The van der Waals surface area contributed by atoms with Gasteiger partial charge in [-0.05, 0) is 39.0 Å². The molecule has 0 rings (SSSR count). The zero-order valence-corrected chi connectivity index (χ0v) is 12.9. The molecule has 0 spiro atoms. The number of rotatable bonds is 9. The van der Waals surface area contributed by atoms with Crippen LogP contribution in [0.5, 0.6) is 0 Å². The van der Waals surface area contributed by atoms with Gasteiger partial charge in [-0.2, -0.15) is 0 Å². The van der Waals surface area contributed by atoms with Gasteiger partial charge >= 0.3 is 5.97 Å². The highest BCUT2D eigenvalue weighted by molar-refractivity contribution is 5.76. The monoisotopic (exact) mass is 258 g/mol. The molecule has 0 heterocycles. The number of unbranched alkanes of at least 4 members (excludes halogenated alkanes) is 1. The maximum Gasteiger partial charge on any atom is 0.314 e. The molecule has 0 fully saturated rings. The molecule has 2 unspecified atom stereocenters. The van der Waals surface area contributed by atoms with Crippen molar-refractivity contribution in [3.05, 3.63) is 0 Å². The van der Waals surface area contributed by atoms with Crippen LogP contribution >= 0.6 is 0 Å². The van der Waals surface area contributed by atoms with E-state index in [0.717, 1.165) is 25.7 Å². The van der Waals surface area contributed by atoms with Gasteiger partial charge in [0.15, 0.2) is 6.29 Å². The van der Waals surface area contributed by atoms with Crippen LogP contribution in [0.4, 0.5) is 0 Å². The lowest BCUT2D eigenvalue weighted by Gasteiger charge is -2.29. The summed E-state index contributed by atoms with van der Waals surface area (Å²) in [5.74, 6) is 0.349. The molecule has 0 aromatic carbocycles. The predicted molar refractivity (Wildman–Crippen MR) is 74.3 cm³/mol. The number of hydrogen-bond donors (Lipinski definition) is 0. The minimum Gasteiger partial charge on any atom is -0.436 e. The third kappa shape index (κ3) is 6.39. The highest BCUT2D eigenvalue weighted by Crippen LogP contribution is 2.31. The Morgan fingerprint density at radius 1 is 1.22 bits per heavy atom. The summed E-state index contributed by atoms with van der Waals surface area (Å²) in [5.41, 5.74) is -0.392. The van der Waals surface area contributed by atoms with Gasteiger partial charge in [0.25, 0.3) is 0 Å². The van der Waals surface area contributed by atoms with Crippen molar-refractivity contribution in [2.45, 2.75) is 73.5 Å². The number of hydrogen-bond acceptors (Lipinski definition) is 3. The Kier molecular flexibility index (Phi) is 8.25. The van der Waals surface area contributed by atoms with Crippen LogP contribution in [0.2, 0.25) is 0 Å². The zero-order chi connectivity index (χ0) is 14.2. The second-order valence-corrected chi connectivity index (χ2v) is 5.71. The van der Waals surface area contributed by atoms with Crippen molar-refractivity contribution in [1.29, 1.82) is 0 Å². The van der Waals surface area contributed by atoms with Crippen LogP contribution < -0.4 is 0 Å². The molecule has 0 aromatic heterocycles. The Hall–Kier alpha value is -0.570. The molecule has 0 saturated carbocycles. The first kappa shape index (κ1) is 17.4. The average molecular weight is 258 g/mol. The van der Waals surface area contributed by atoms with Crippen molar-refractivity contribution in [1.82, 2.24) is 0 Å². The molecular weight excluding hydrogens is 228 g/mol. The van der Waals surface area contributed by atoms with Crippen LogP contribution in [-0.2, 0) is 14.3 Å². The molecule has 0 bridgehead atoms. The molecule has 18 heavy (non-hydrogen) atoms. The Labute approximate surface area is 112 Å². The molecule has 0 amide bonds. The second-order valence-electron chi connectivity index (χ2n) is 5.71. The van der Waals surface area contributed by atoms with Gasteiger partial charge in [0.1, 0.15) is 0 Å². The first-order valence-corrected chi connectivity index (χ1v) is 7.18. The van der Waals surface area contributed by atoms with Crippen molar-refractivity contribution in [3.8, 4) is 0 Å². The summed E-state index contributed by atoms with van der Waals surface area (Å²) in [4.78, 5) is 12.2. The van der Waals surface area contributed by atoms with E-state index in [0.29, 0.717) is 12.5 Å². The molecule has 0 aliphatic rings. The van der Waals surface area contributed by atoms with Gasteiger partial charge in [-0.3, -0.25) is 4.79 Å². The van der Waals surface area contributed by atoms with Crippen LogP contribution in [0, 0.1) is 11.3 Å². The number of esters is 1. The number of carbonyl (C=O) groups excluding carboxylic acids is 1. The number of ether oxygens (including phenoxy) is 2. The lowest BCUT2D eigenvalue weighted by Crippen LogP contribution is -2.34. The molecule has 108 valence electrons. The molecule has 0 N–H and O–H groups in total. The van der Waals surface area contributed by atoms with Crippen LogP contribution in [0.3, 0.4) is 0 Å². The van der Waals surface area contributed by atoms with Gasteiger partial charge in [0.2, 0.25) is 0 Å². The fourth-order valence-corrected chi connectivity index (χ4v) is 1.99. The molecule has 3 heteroatoms. The molecule has 2 atom stereocenters. The van der Waals surface area contributed by atoms with Crippen LogP contribution in [-0.4, -0.2) is 18.9 Å². The third-order valence-corrected chi connectivity index (χ3v) is 3.26. The highest BCUT2D eigenvalue weighted by atomic mass is 16.7. The topological polar surface area (TPSA) is 35.5 Å². The SMILES string of the molecule is CCCCOC(C)OC(=O)C(C)(CC)CC(C)C. The van der Waals surface area contributed by atoms with E-state index in [1.54, 1.807) is 6.92 Å². The zero-order valence-electron chi connectivity index (χ0n) is 12.9. The molecular formula is C15H30O3. The van der Waals surface area contributed by atoms with Gasteiger partial charge in [0.05, 0.1) is 12.0 Å². The van der Waals surface area contributed by atoms with E-state index in [-0.39, 0.29) is 5.97 Å². The summed E-state index contributed by atoms with van der Waals surface area (Å²) in [6.07, 6.45) is 3.29. The lowest BCUT2D eigenvalue weighted by molar-refractivity contribution is -0.187. The second kappa shape index (κ2) is 8.52. The van der Waals surface area contributed by atoms with E-state index in [1.807, 2.05) is 13.8 Å². The lowest BCUT2D eigenvalue weighted by atomic mass is 9.80. The molecule has 0 aliphatic heterocycles. The van der Waals surface area contributed by atoms with Crippen molar-refractivity contribution < 1.29 is 14.3 Å². The Bertz CT molecular complexity index is 238. The molecule has 0 saturated heterocycles. The standard InChI is InChI=1S/C15H30O3/c1-7-9-10-17-13(5)18-14(16)15(6,8-2)11-12(3)4/h12-13H,7-11H2,1-6H3. The van der Waals surface area contributed by atoms with Crippen molar-refractivity contribution >= 4 is 5.97 Å². The Morgan fingerprint density at radius 2 is 1.83 bits per heavy atom. The normalized spacial score (nSPS) is 16.4. The first-order chi connectivity index (χ1) is 8.35. The summed E-state index contributed by atoms with van der Waals surface area (Å²) in [6.45, 7) is 12.8. The fourth-order valence-electron chi connectivity index (χ4n) is 1.99. The Morgan fingerprint density at radius 3 is 2.28 bits per heavy atom. The smallest absolute Gasteiger partial charge is 0.314 e. The highest BCUT2D eigenvalue weighted by Gasteiger charge is 2.34. The average Bonchev–Trinajstić information content (AvgIpc) is 2.28.